The number of hydrogen-bond donors (Lipinski definition) is 0. The van der Waals surface area contributed by atoms with Crippen LogP contribution in [-0.4, -0.2) is 29.1 Å². The monoisotopic (exact) mass is 673 g/mol. The van der Waals surface area contributed by atoms with Crippen LogP contribution < -0.4 is 0 Å². The lowest BCUT2D eigenvalue weighted by Crippen LogP contribution is -2.39. The van der Waals surface area contributed by atoms with E-state index in [0.717, 1.165) is 0 Å². The summed E-state index contributed by atoms with van der Waals surface area (Å²) in [5.41, 5.74) is 0. The van der Waals surface area contributed by atoms with Gasteiger partial charge < -0.3 is 9.80 Å². The molecule has 1 rings (SSSR count). The Labute approximate surface area is 305 Å². The Bertz CT molecular complexity index is 630. The summed E-state index contributed by atoms with van der Waals surface area (Å²) in [6.07, 6.45) is 60.4. The molecule has 1 heterocycles. The fraction of sp³-hybridized carbons (Fsp3) is 0.957. The molecule has 1 aliphatic rings. The molecule has 0 amide bonds. The summed E-state index contributed by atoms with van der Waals surface area (Å²) in [6.45, 7) is 9.49. The van der Waals surface area contributed by atoms with E-state index in [9.17, 15) is 0 Å². The summed E-state index contributed by atoms with van der Waals surface area (Å²) >= 11 is 0. The van der Waals surface area contributed by atoms with Gasteiger partial charge in [0, 0.05) is 25.5 Å². The fourth-order valence-electron chi connectivity index (χ4n) is 7.95. The molecule has 2 heteroatoms. The van der Waals surface area contributed by atoms with Crippen molar-refractivity contribution in [3.63, 3.8) is 0 Å². The van der Waals surface area contributed by atoms with Crippen LogP contribution in [0.2, 0.25) is 0 Å². The van der Waals surface area contributed by atoms with E-state index in [0.29, 0.717) is 6.17 Å². The fourth-order valence-corrected chi connectivity index (χ4v) is 7.95. The average molecular weight is 673 g/mol. The van der Waals surface area contributed by atoms with Crippen molar-refractivity contribution in [1.82, 2.24) is 9.80 Å². The Morgan fingerprint density at radius 2 is 0.479 bits per heavy atom. The minimum atomic E-state index is 0.638. The molecule has 0 N–H and O–H groups in total. The molecular formula is C46H92N2. The normalized spacial score (nSPS) is 14.6. The van der Waals surface area contributed by atoms with Crippen molar-refractivity contribution in [3.05, 3.63) is 12.4 Å². The molecule has 1 unspecified atom stereocenters. The Morgan fingerprint density at radius 3 is 0.729 bits per heavy atom. The average Bonchev–Trinajstić information content (AvgIpc) is 3.48. The molecule has 0 radical (unpaired) electrons. The Kier molecular flexibility index (Phi) is 35.5. The maximum absolute atomic E-state index is 2.73. The first-order valence-electron chi connectivity index (χ1n) is 23.0. The van der Waals surface area contributed by atoms with E-state index in [1.165, 1.54) is 257 Å². The minimum absolute atomic E-state index is 0.638. The van der Waals surface area contributed by atoms with Crippen molar-refractivity contribution >= 4 is 0 Å². The van der Waals surface area contributed by atoms with Gasteiger partial charge in [-0.2, -0.15) is 0 Å². The van der Waals surface area contributed by atoms with Gasteiger partial charge in [0.2, 0.25) is 0 Å². The van der Waals surface area contributed by atoms with Gasteiger partial charge >= 0.3 is 0 Å². The third-order valence-electron chi connectivity index (χ3n) is 11.3. The van der Waals surface area contributed by atoms with Crippen LogP contribution in [-0.2, 0) is 0 Å². The van der Waals surface area contributed by atoms with Crippen molar-refractivity contribution in [3.8, 4) is 0 Å². The smallest absolute Gasteiger partial charge is 0.101 e. The standard InChI is InChI=1S/C46H92N2/c1-4-7-10-13-16-19-21-23-24-26-28-31-34-37-40-43-48-45-44-47(46(48)41-38-35-32-29-18-15-12-9-6-3)42-39-36-33-30-27-25-22-20-17-14-11-8-5-2/h44-46H,4-43H2,1-3H3. The zero-order valence-corrected chi connectivity index (χ0v) is 33.9. The molecule has 286 valence electrons. The van der Waals surface area contributed by atoms with Gasteiger partial charge in [0.15, 0.2) is 0 Å². The highest BCUT2D eigenvalue weighted by Gasteiger charge is 2.24. The van der Waals surface area contributed by atoms with E-state index >= 15 is 0 Å². The van der Waals surface area contributed by atoms with Gasteiger partial charge in [0.05, 0.1) is 0 Å². The highest BCUT2D eigenvalue weighted by Crippen LogP contribution is 2.24. The predicted molar refractivity (Wildman–Crippen MR) is 219 cm³/mol. The van der Waals surface area contributed by atoms with Crippen LogP contribution in [0.15, 0.2) is 12.4 Å². The third kappa shape index (κ3) is 29.1. The largest absolute Gasteiger partial charge is 0.356 e. The van der Waals surface area contributed by atoms with Gasteiger partial charge in [-0.15, -0.1) is 0 Å². The summed E-state index contributed by atoms with van der Waals surface area (Å²) in [5, 5.41) is 0. The van der Waals surface area contributed by atoms with Gasteiger partial charge in [-0.1, -0.05) is 239 Å². The lowest BCUT2D eigenvalue weighted by Gasteiger charge is -2.33. The van der Waals surface area contributed by atoms with Crippen molar-refractivity contribution < 1.29 is 0 Å². The quantitative estimate of drug-likeness (QED) is 0.0598. The molecule has 0 aromatic rings. The number of rotatable bonds is 40. The molecule has 1 atom stereocenters. The van der Waals surface area contributed by atoms with E-state index in [2.05, 4.69) is 43.0 Å². The van der Waals surface area contributed by atoms with Gasteiger partial charge in [-0.05, 0) is 25.7 Å². The zero-order valence-electron chi connectivity index (χ0n) is 33.9. The molecule has 0 bridgehead atoms. The van der Waals surface area contributed by atoms with Gasteiger partial charge in [-0.3, -0.25) is 0 Å². The van der Waals surface area contributed by atoms with E-state index in [1.54, 1.807) is 0 Å². The van der Waals surface area contributed by atoms with Crippen molar-refractivity contribution in [2.24, 2.45) is 0 Å². The molecule has 2 nitrogen and oxygen atoms in total. The first-order chi connectivity index (χ1) is 23.8. The highest BCUT2D eigenvalue weighted by molar-refractivity contribution is 4.97. The molecule has 1 aliphatic heterocycles. The second-order valence-corrected chi connectivity index (χ2v) is 16.1. The summed E-state index contributed by atoms with van der Waals surface area (Å²) in [5.74, 6) is 0. The van der Waals surface area contributed by atoms with Gasteiger partial charge in [0.1, 0.15) is 6.17 Å². The van der Waals surface area contributed by atoms with Gasteiger partial charge in [0.25, 0.3) is 0 Å². The van der Waals surface area contributed by atoms with Crippen LogP contribution in [0.1, 0.15) is 265 Å². The lowest BCUT2D eigenvalue weighted by atomic mass is 10.0. The molecule has 0 saturated heterocycles. The van der Waals surface area contributed by atoms with Gasteiger partial charge in [-0.25, -0.2) is 0 Å². The first kappa shape index (κ1) is 45.4. The maximum Gasteiger partial charge on any atom is 0.101 e. The van der Waals surface area contributed by atoms with Crippen molar-refractivity contribution in [2.45, 2.75) is 271 Å². The number of nitrogens with zero attached hydrogens (tertiary/aromatic N) is 2. The minimum Gasteiger partial charge on any atom is -0.356 e. The second-order valence-electron chi connectivity index (χ2n) is 16.1. The maximum atomic E-state index is 2.73. The SMILES string of the molecule is CCCCCCCCCCCCCCCCCN1C=CN(CCCCCCCCCCCCCCC)C1CCCCCCCCCCC. The van der Waals surface area contributed by atoms with Crippen molar-refractivity contribution in [2.75, 3.05) is 13.1 Å². The summed E-state index contributed by atoms with van der Waals surface area (Å²) in [4.78, 5) is 5.46. The highest BCUT2D eigenvalue weighted by atomic mass is 15.4. The molecule has 48 heavy (non-hydrogen) atoms. The van der Waals surface area contributed by atoms with Crippen LogP contribution in [0.25, 0.3) is 0 Å². The second kappa shape index (κ2) is 37.6. The third-order valence-corrected chi connectivity index (χ3v) is 11.3. The lowest BCUT2D eigenvalue weighted by molar-refractivity contribution is 0.135. The Hall–Kier alpha value is -0.660. The molecule has 0 aromatic heterocycles. The van der Waals surface area contributed by atoms with E-state index in [1.807, 2.05) is 0 Å². The number of unbranched alkanes of at least 4 members (excludes halogenated alkanes) is 34. The van der Waals surface area contributed by atoms with E-state index in [4.69, 9.17) is 0 Å². The van der Waals surface area contributed by atoms with Crippen LogP contribution >= 0.6 is 0 Å². The predicted octanol–water partition coefficient (Wildman–Crippen LogP) is 16.3. The van der Waals surface area contributed by atoms with Crippen LogP contribution in [0.5, 0.6) is 0 Å². The van der Waals surface area contributed by atoms with Crippen LogP contribution in [0.3, 0.4) is 0 Å². The number of hydrogen-bond acceptors (Lipinski definition) is 2. The molecule has 0 aromatic carbocycles. The van der Waals surface area contributed by atoms with E-state index < -0.39 is 0 Å². The topological polar surface area (TPSA) is 6.48 Å². The summed E-state index contributed by atoms with van der Waals surface area (Å²) in [7, 11) is 0. The molecule has 0 aliphatic carbocycles. The van der Waals surface area contributed by atoms with Crippen LogP contribution in [0, 0.1) is 0 Å². The molecule has 0 fully saturated rings. The van der Waals surface area contributed by atoms with E-state index in [-0.39, 0.29) is 0 Å². The molecular weight excluding hydrogens is 581 g/mol. The Balaban J connectivity index is 2.18. The van der Waals surface area contributed by atoms with Crippen molar-refractivity contribution in [1.29, 1.82) is 0 Å². The summed E-state index contributed by atoms with van der Waals surface area (Å²) < 4.78 is 0. The Morgan fingerprint density at radius 1 is 0.271 bits per heavy atom. The summed E-state index contributed by atoms with van der Waals surface area (Å²) in [6, 6.07) is 0. The first-order valence-corrected chi connectivity index (χ1v) is 23.0. The zero-order chi connectivity index (χ0) is 34.4. The molecule has 0 saturated carbocycles. The van der Waals surface area contributed by atoms with Crippen LogP contribution in [0.4, 0.5) is 0 Å². The molecule has 0 spiro atoms.